The molecule has 3 aromatic rings. The largest absolute Gasteiger partial charge is 0.495 e. The number of imidazole rings is 1. The van der Waals surface area contributed by atoms with Crippen molar-refractivity contribution in [3.05, 3.63) is 48.0 Å². The fourth-order valence-corrected chi connectivity index (χ4v) is 2.21. The number of aryl methyl sites for hydroxylation is 1. The quantitative estimate of drug-likeness (QED) is 0.754. The number of anilines is 2. The molecule has 1 heterocycles. The van der Waals surface area contributed by atoms with Crippen molar-refractivity contribution in [3.63, 3.8) is 0 Å². The molecule has 0 spiro atoms. The molecule has 20 heavy (non-hydrogen) atoms. The molecular formula is C16H17N3O. The zero-order chi connectivity index (χ0) is 13.9. The van der Waals surface area contributed by atoms with E-state index < -0.39 is 0 Å². The Bertz CT molecular complexity index is 700. The van der Waals surface area contributed by atoms with Crippen LogP contribution in [0.15, 0.2) is 42.5 Å². The highest BCUT2D eigenvalue weighted by Gasteiger charge is 2.07. The summed E-state index contributed by atoms with van der Waals surface area (Å²) in [5.41, 5.74) is 4.14. The van der Waals surface area contributed by atoms with Crippen LogP contribution in [0.1, 0.15) is 12.5 Å². The zero-order valence-electron chi connectivity index (χ0n) is 11.6. The monoisotopic (exact) mass is 267 g/mol. The van der Waals surface area contributed by atoms with Gasteiger partial charge in [-0.25, -0.2) is 4.98 Å². The molecule has 0 fully saturated rings. The van der Waals surface area contributed by atoms with Crippen molar-refractivity contribution < 1.29 is 4.74 Å². The van der Waals surface area contributed by atoms with Crippen molar-refractivity contribution in [2.24, 2.45) is 0 Å². The summed E-state index contributed by atoms with van der Waals surface area (Å²) in [5, 5.41) is 3.30. The number of fused-ring (bicyclic) bond motifs is 1. The fourth-order valence-electron chi connectivity index (χ4n) is 2.21. The third kappa shape index (κ3) is 2.32. The molecule has 3 rings (SSSR count). The molecule has 0 unspecified atom stereocenters. The van der Waals surface area contributed by atoms with E-state index in [0.29, 0.717) is 0 Å². The van der Waals surface area contributed by atoms with Gasteiger partial charge in [0.1, 0.15) is 5.75 Å². The summed E-state index contributed by atoms with van der Waals surface area (Å²) in [6, 6.07) is 14.1. The van der Waals surface area contributed by atoms with E-state index >= 15 is 0 Å². The van der Waals surface area contributed by atoms with E-state index in [4.69, 9.17) is 4.74 Å². The van der Waals surface area contributed by atoms with Gasteiger partial charge in [-0.3, -0.25) is 0 Å². The van der Waals surface area contributed by atoms with Crippen molar-refractivity contribution in [2.75, 3.05) is 12.4 Å². The lowest BCUT2D eigenvalue weighted by Gasteiger charge is -2.10. The lowest BCUT2D eigenvalue weighted by atomic mass is 10.1. The molecule has 102 valence electrons. The summed E-state index contributed by atoms with van der Waals surface area (Å²) in [6.45, 7) is 2.13. The Morgan fingerprint density at radius 3 is 2.80 bits per heavy atom. The highest BCUT2D eigenvalue weighted by molar-refractivity contribution is 5.78. The molecule has 0 aliphatic heterocycles. The first-order chi connectivity index (χ1) is 9.80. The fraction of sp³-hybridized carbons (Fsp3) is 0.188. The number of ether oxygens (including phenoxy) is 1. The molecule has 0 radical (unpaired) electrons. The summed E-state index contributed by atoms with van der Waals surface area (Å²) in [4.78, 5) is 7.77. The standard InChI is InChI=1S/C16H17N3O/c1-3-11-8-9-15(20-2)14(10-11)19-16-17-12-6-4-5-7-13(12)18-16/h4-10H,3H2,1-2H3,(H2,17,18,19). The minimum absolute atomic E-state index is 0.720. The van der Waals surface area contributed by atoms with Gasteiger partial charge in [0.15, 0.2) is 0 Å². The summed E-state index contributed by atoms with van der Waals surface area (Å²) in [5.74, 6) is 1.53. The Balaban J connectivity index is 1.97. The Kier molecular flexibility index (Phi) is 3.29. The number of hydrogen-bond acceptors (Lipinski definition) is 3. The van der Waals surface area contributed by atoms with Crippen molar-refractivity contribution >= 4 is 22.7 Å². The van der Waals surface area contributed by atoms with Gasteiger partial charge in [0.2, 0.25) is 5.95 Å². The molecular weight excluding hydrogens is 250 g/mol. The molecule has 0 atom stereocenters. The first-order valence-electron chi connectivity index (χ1n) is 6.69. The van der Waals surface area contributed by atoms with Gasteiger partial charge in [-0.05, 0) is 36.2 Å². The maximum atomic E-state index is 5.39. The minimum Gasteiger partial charge on any atom is -0.495 e. The summed E-state index contributed by atoms with van der Waals surface area (Å²) in [7, 11) is 1.67. The topological polar surface area (TPSA) is 49.9 Å². The zero-order valence-corrected chi connectivity index (χ0v) is 11.6. The van der Waals surface area contributed by atoms with Crippen molar-refractivity contribution in [2.45, 2.75) is 13.3 Å². The van der Waals surface area contributed by atoms with Crippen LogP contribution in [0, 0.1) is 0 Å². The van der Waals surface area contributed by atoms with Gasteiger partial charge in [-0.15, -0.1) is 0 Å². The van der Waals surface area contributed by atoms with Crippen LogP contribution in [0.4, 0.5) is 11.6 Å². The first kappa shape index (κ1) is 12.5. The predicted molar refractivity (Wildman–Crippen MR) is 81.7 cm³/mol. The van der Waals surface area contributed by atoms with E-state index in [0.717, 1.165) is 34.8 Å². The average Bonchev–Trinajstić information content (AvgIpc) is 2.89. The van der Waals surface area contributed by atoms with E-state index in [9.17, 15) is 0 Å². The second-order valence-electron chi connectivity index (χ2n) is 4.62. The molecule has 0 saturated heterocycles. The minimum atomic E-state index is 0.720. The number of para-hydroxylation sites is 2. The third-order valence-electron chi connectivity index (χ3n) is 3.31. The van der Waals surface area contributed by atoms with Gasteiger partial charge >= 0.3 is 0 Å². The van der Waals surface area contributed by atoms with E-state index in [1.807, 2.05) is 30.3 Å². The number of aromatic nitrogens is 2. The van der Waals surface area contributed by atoms with Crippen LogP contribution in [0.25, 0.3) is 11.0 Å². The average molecular weight is 267 g/mol. The summed E-state index contributed by atoms with van der Waals surface area (Å²) in [6.07, 6.45) is 0.985. The molecule has 0 saturated carbocycles. The number of hydrogen-bond donors (Lipinski definition) is 2. The lowest BCUT2D eigenvalue weighted by molar-refractivity contribution is 0.416. The lowest BCUT2D eigenvalue weighted by Crippen LogP contribution is -1.97. The Labute approximate surface area is 117 Å². The Morgan fingerprint density at radius 1 is 1.20 bits per heavy atom. The SMILES string of the molecule is CCc1ccc(OC)c(Nc2nc3ccccc3[nH]2)c1. The second-order valence-corrected chi connectivity index (χ2v) is 4.62. The molecule has 0 amide bonds. The van der Waals surface area contributed by atoms with Crippen LogP contribution in [-0.4, -0.2) is 17.1 Å². The maximum Gasteiger partial charge on any atom is 0.205 e. The van der Waals surface area contributed by atoms with Crippen molar-refractivity contribution in [1.29, 1.82) is 0 Å². The van der Waals surface area contributed by atoms with Gasteiger partial charge in [-0.1, -0.05) is 25.1 Å². The number of H-pyrrole nitrogens is 1. The molecule has 0 bridgehead atoms. The van der Waals surface area contributed by atoms with Crippen molar-refractivity contribution in [1.82, 2.24) is 9.97 Å². The van der Waals surface area contributed by atoms with E-state index in [1.165, 1.54) is 5.56 Å². The van der Waals surface area contributed by atoms with Gasteiger partial charge in [0, 0.05) is 0 Å². The number of aromatic amines is 1. The van der Waals surface area contributed by atoms with E-state index in [2.05, 4.69) is 34.3 Å². The van der Waals surface area contributed by atoms with Crippen molar-refractivity contribution in [3.8, 4) is 5.75 Å². The molecule has 2 aromatic carbocycles. The van der Waals surface area contributed by atoms with Crippen LogP contribution >= 0.6 is 0 Å². The second kappa shape index (κ2) is 5.25. The number of methoxy groups -OCH3 is 1. The normalized spacial score (nSPS) is 10.7. The molecule has 4 heteroatoms. The van der Waals surface area contributed by atoms with Gasteiger partial charge < -0.3 is 15.0 Å². The predicted octanol–water partition coefficient (Wildman–Crippen LogP) is 3.88. The first-order valence-corrected chi connectivity index (χ1v) is 6.69. The molecule has 4 nitrogen and oxygen atoms in total. The third-order valence-corrected chi connectivity index (χ3v) is 3.31. The highest BCUT2D eigenvalue weighted by Crippen LogP contribution is 2.28. The molecule has 2 N–H and O–H groups in total. The number of nitrogens with one attached hydrogen (secondary N) is 2. The summed E-state index contributed by atoms with van der Waals surface area (Å²) >= 11 is 0. The van der Waals surface area contributed by atoms with Crippen LogP contribution in [0.2, 0.25) is 0 Å². The van der Waals surface area contributed by atoms with E-state index in [1.54, 1.807) is 7.11 Å². The Morgan fingerprint density at radius 2 is 2.05 bits per heavy atom. The number of nitrogens with zero attached hydrogens (tertiary/aromatic N) is 1. The molecule has 0 aliphatic carbocycles. The Hall–Kier alpha value is -2.49. The van der Waals surface area contributed by atoms with Gasteiger partial charge in [-0.2, -0.15) is 0 Å². The van der Waals surface area contributed by atoms with Crippen LogP contribution in [-0.2, 0) is 6.42 Å². The van der Waals surface area contributed by atoms with Crippen LogP contribution < -0.4 is 10.1 Å². The number of rotatable bonds is 4. The van der Waals surface area contributed by atoms with E-state index in [-0.39, 0.29) is 0 Å². The molecule has 0 aliphatic rings. The summed E-state index contributed by atoms with van der Waals surface area (Å²) < 4.78 is 5.39. The van der Waals surface area contributed by atoms with Crippen LogP contribution in [0.3, 0.4) is 0 Å². The maximum absolute atomic E-state index is 5.39. The molecule has 1 aromatic heterocycles. The van der Waals surface area contributed by atoms with Gasteiger partial charge in [0.05, 0.1) is 23.8 Å². The van der Waals surface area contributed by atoms with Gasteiger partial charge in [0.25, 0.3) is 0 Å². The van der Waals surface area contributed by atoms with Crippen LogP contribution in [0.5, 0.6) is 5.75 Å². The number of benzene rings is 2. The highest BCUT2D eigenvalue weighted by atomic mass is 16.5. The smallest absolute Gasteiger partial charge is 0.205 e.